The first kappa shape index (κ1) is 24.4. The number of hydrogen-bond acceptors (Lipinski definition) is 7. The minimum atomic E-state index is -1.21. The third kappa shape index (κ3) is 3.62. The summed E-state index contributed by atoms with van der Waals surface area (Å²) in [5, 5.41) is 16.2. The van der Waals surface area contributed by atoms with Crippen molar-refractivity contribution in [1.82, 2.24) is 4.90 Å². The monoisotopic (exact) mass is 490 g/mol. The highest BCUT2D eigenvalue weighted by molar-refractivity contribution is 8.26. The Kier molecular flexibility index (Phi) is 6.07. The van der Waals surface area contributed by atoms with Gasteiger partial charge in [0.05, 0.1) is 12.1 Å². The normalized spacial score (nSPS) is 31.0. The van der Waals surface area contributed by atoms with Crippen molar-refractivity contribution in [1.29, 1.82) is 10.8 Å². The van der Waals surface area contributed by atoms with Gasteiger partial charge in [-0.05, 0) is 24.5 Å². The second-order valence-electron chi connectivity index (χ2n) is 9.27. The smallest absolute Gasteiger partial charge is 0.294 e. The molecular formula is C23H26F2N5O3S+. The summed E-state index contributed by atoms with van der Waals surface area (Å²) in [6.07, 6.45) is 3.72. The standard InChI is InChI=1S/C23H26F2N5O3S/c1-29-22(33)18-20(32)19(31)15(11-30(18,2)23(29)7-5-14(26)6-8-23)21(28)34-17(27)9-12-3-4-13(24)10-16(12)25/h3-4,10-11,14,18,27-28H,5-9,26H2,1-2H3/q+1. The van der Waals surface area contributed by atoms with Crippen LogP contribution in [0.4, 0.5) is 8.78 Å². The SMILES string of the molecule is CN1C(=O)C2C(=O)C(=O)C(C(=N)SC(=N)Cc3ccc(F)cc3F)=C[N+]2(C)C12CCC(N)CC2. The minimum Gasteiger partial charge on any atom is -0.328 e. The van der Waals surface area contributed by atoms with Crippen LogP contribution >= 0.6 is 11.8 Å². The van der Waals surface area contributed by atoms with Crippen molar-refractivity contribution in [2.45, 2.75) is 49.9 Å². The number of rotatable bonds is 3. The average Bonchev–Trinajstić information content (AvgIpc) is 2.93. The molecule has 3 aliphatic rings. The van der Waals surface area contributed by atoms with Crippen LogP contribution in [0.15, 0.2) is 30.0 Å². The lowest BCUT2D eigenvalue weighted by Gasteiger charge is -2.50. The lowest BCUT2D eigenvalue weighted by Crippen LogP contribution is -2.67. The molecule has 2 atom stereocenters. The molecule has 1 aromatic rings. The fourth-order valence-electron chi connectivity index (χ4n) is 5.45. The first-order chi connectivity index (χ1) is 15.9. The van der Waals surface area contributed by atoms with Crippen molar-refractivity contribution in [2.24, 2.45) is 5.73 Å². The Morgan fingerprint density at radius 3 is 2.50 bits per heavy atom. The molecule has 0 bridgehead atoms. The molecule has 11 heteroatoms. The van der Waals surface area contributed by atoms with Gasteiger partial charge >= 0.3 is 0 Å². The first-order valence-corrected chi connectivity index (χ1v) is 11.7. The summed E-state index contributed by atoms with van der Waals surface area (Å²) in [5.41, 5.74) is 5.24. The molecule has 1 spiro atoms. The van der Waals surface area contributed by atoms with Crippen molar-refractivity contribution in [3.05, 3.63) is 47.2 Å². The third-order valence-electron chi connectivity index (χ3n) is 7.40. The van der Waals surface area contributed by atoms with Crippen LogP contribution in [0.3, 0.4) is 0 Å². The molecule has 4 rings (SSSR count). The van der Waals surface area contributed by atoms with Gasteiger partial charge in [-0.3, -0.25) is 34.6 Å². The number of halogens is 2. The molecule has 8 nitrogen and oxygen atoms in total. The maximum atomic E-state index is 14.0. The molecule has 0 aromatic heterocycles. The van der Waals surface area contributed by atoms with Gasteiger partial charge in [0.25, 0.3) is 11.7 Å². The lowest BCUT2D eigenvalue weighted by molar-refractivity contribution is -0.921. The van der Waals surface area contributed by atoms with Crippen LogP contribution in [0.2, 0.25) is 0 Å². The summed E-state index contributed by atoms with van der Waals surface area (Å²) < 4.78 is 27.0. The highest BCUT2D eigenvalue weighted by Crippen LogP contribution is 2.49. The summed E-state index contributed by atoms with van der Waals surface area (Å²) in [6.45, 7) is 0. The van der Waals surface area contributed by atoms with Gasteiger partial charge in [-0.2, -0.15) is 0 Å². The Morgan fingerprint density at radius 2 is 1.88 bits per heavy atom. The van der Waals surface area contributed by atoms with E-state index in [0.29, 0.717) is 43.5 Å². The minimum absolute atomic E-state index is 0.00784. The van der Waals surface area contributed by atoms with Gasteiger partial charge in [0.15, 0.2) is 5.66 Å². The van der Waals surface area contributed by atoms with Crippen molar-refractivity contribution < 1.29 is 27.6 Å². The molecule has 0 radical (unpaired) electrons. The number of thioether (sulfide) groups is 1. The zero-order valence-electron chi connectivity index (χ0n) is 18.9. The average molecular weight is 491 g/mol. The molecule has 4 N–H and O–H groups in total. The van der Waals surface area contributed by atoms with E-state index in [1.165, 1.54) is 12.3 Å². The molecule has 34 heavy (non-hydrogen) atoms. The number of nitrogens with one attached hydrogen (secondary N) is 2. The Labute approximate surface area is 199 Å². The number of benzene rings is 1. The second kappa shape index (κ2) is 8.47. The molecule has 180 valence electrons. The van der Waals surface area contributed by atoms with Crippen molar-refractivity contribution in [2.75, 3.05) is 14.1 Å². The van der Waals surface area contributed by atoms with E-state index in [4.69, 9.17) is 16.6 Å². The summed E-state index contributed by atoms with van der Waals surface area (Å²) in [6, 6.07) is 1.80. The molecule has 1 saturated carbocycles. The number of nitrogens with two attached hydrogens (primary N) is 1. The van der Waals surface area contributed by atoms with Crippen molar-refractivity contribution in [3.8, 4) is 0 Å². The summed E-state index contributed by atoms with van der Waals surface area (Å²) >= 11 is 0.626. The highest BCUT2D eigenvalue weighted by atomic mass is 32.2. The Balaban J connectivity index is 1.64. The molecule has 2 heterocycles. The second-order valence-corrected chi connectivity index (χ2v) is 10.4. The number of carbonyl (C=O) groups is 3. The van der Waals surface area contributed by atoms with Gasteiger partial charge in [-0.1, -0.05) is 17.8 Å². The number of ketones is 2. The number of carbonyl (C=O) groups excluding carboxylic acids is 3. The lowest BCUT2D eigenvalue weighted by atomic mass is 9.82. The van der Waals surface area contributed by atoms with E-state index in [1.807, 2.05) is 0 Å². The zero-order chi connectivity index (χ0) is 25.0. The van der Waals surface area contributed by atoms with Crippen LogP contribution in [-0.4, -0.2) is 68.8 Å². The fourth-order valence-corrected chi connectivity index (χ4v) is 6.18. The molecule has 1 amide bonds. The van der Waals surface area contributed by atoms with E-state index in [9.17, 15) is 23.2 Å². The number of hydrogen-bond donors (Lipinski definition) is 3. The summed E-state index contributed by atoms with van der Waals surface area (Å²) in [7, 11) is 3.36. The van der Waals surface area contributed by atoms with E-state index >= 15 is 0 Å². The molecule has 2 fully saturated rings. The van der Waals surface area contributed by atoms with Gasteiger partial charge < -0.3 is 5.73 Å². The van der Waals surface area contributed by atoms with Crippen molar-refractivity contribution >= 4 is 39.3 Å². The molecule has 1 aromatic carbocycles. The maximum absolute atomic E-state index is 14.0. The van der Waals surface area contributed by atoms with Crippen LogP contribution in [0.25, 0.3) is 0 Å². The number of fused-ring (bicyclic) bond motifs is 2. The van der Waals surface area contributed by atoms with Gasteiger partial charge in [0, 0.05) is 38.4 Å². The quantitative estimate of drug-likeness (QED) is 0.197. The molecule has 1 saturated heterocycles. The largest absolute Gasteiger partial charge is 0.328 e. The molecule has 2 aliphatic heterocycles. The number of amides is 1. The Hall–Kier alpha value is -2.76. The van der Waals surface area contributed by atoms with Gasteiger partial charge in [-0.25, -0.2) is 8.78 Å². The summed E-state index contributed by atoms with van der Waals surface area (Å²) in [5.74, 6) is -3.78. The Bertz CT molecular complexity index is 1160. The highest BCUT2D eigenvalue weighted by Gasteiger charge is 2.70. The summed E-state index contributed by atoms with van der Waals surface area (Å²) in [4.78, 5) is 40.7. The van der Waals surface area contributed by atoms with E-state index < -0.39 is 40.8 Å². The number of Topliss-reactive ketones (excluding diaryl/α,β-unsaturated/α-hetero) is 2. The van der Waals surface area contributed by atoms with Crippen molar-refractivity contribution in [3.63, 3.8) is 0 Å². The van der Waals surface area contributed by atoms with Crippen LogP contribution in [-0.2, 0) is 20.8 Å². The molecule has 1 aliphatic carbocycles. The van der Waals surface area contributed by atoms with Gasteiger partial charge in [-0.15, -0.1) is 0 Å². The predicted molar refractivity (Wildman–Crippen MR) is 123 cm³/mol. The van der Waals surface area contributed by atoms with Crippen LogP contribution in [0, 0.1) is 22.5 Å². The van der Waals surface area contributed by atoms with E-state index in [0.717, 1.165) is 6.07 Å². The maximum Gasteiger partial charge on any atom is 0.294 e. The third-order valence-corrected chi connectivity index (χ3v) is 8.22. The van der Waals surface area contributed by atoms with Gasteiger partial charge in [0.1, 0.15) is 28.5 Å². The predicted octanol–water partition coefficient (Wildman–Crippen LogP) is 2.12. The number of likely N-dealkylation sites (N-methyl/N-ethyl adjacent to an activating group) is 2. The zero-order valence-corrected chi connectivity index (χ0v) is 19.7. The number of quaternary nitrogens is 1. The molecular weight excluding hydrogens is 464 g/mol. The first-order valence-electron chi connectivity index (χ1n) is 10.9. The fraction of sp³-hybridized carbons (Fsp3) is 0.435. The van der Waals surface area contributed by atoms with Crippen LogP contribution in [0.1, 0.15) is 31.2 Å². The molecule has 2 unspecified atom stereocenters. The van der Waals surface area contributed by atoms with E-state index in [1.54, 1.807) is 19.0 Å². The Morgan fingerprint density at radius 1 is 1.24 bits per heavy atom. The van der Waals surface area contributed by atoms with E-state index in [2.05, 4.69) is 0 Å². The number of nitrogens with zero attached hydrogens (tertiary/aromatic N) is 2. The van der Waals surface area contributed by atoms with Gasteiger partial charge in [0.2, 0.25) is 11.8 Å². The van der Waals surface area contributed by atoms with E-state index in [-0.39, 0.29) is 38.2 Å². The topological polar surface area (TPSA) is 128 Å². The van der Waals surface area contributed by atoms with Crippen LogP contribution < -0.4 is 5.73 Å². The van der Waals surface area contributed by atoms with Crippen LogP contribution in [0.5, 0.6) is 0 Å².